The van der Waals surface area contributed by atoms with Gasteiger partial charge in [0.15, 0.2) is 0 Å². The van der Waals surface area contributed by atoms with Crippen LogP contribution in [0.5, 0.6) is 0 Å². The molecule has 3 nitrogen and oxygen atoms in total. The molecule has 0 amide bonds. The first-order chi connectivity index (χ1) is 10.4. The predicted octanol–water partition coefficient (Wildman–Crippen LogP) is 4.66. The highest BCUT2D eigenvalue weighted by atomic mass is 35.5. The molecule has 22 heavy (non-hydrogen) atoms. The zero-order chi connectivity index (χ0) is 15.9. The Balaban J connectivity index is 2.32. The summed E-state index contributed by atoms with van der Waals surface area (Å²) in [4.78, 5) is 8.53. The van der Waals surface area contributed by atoms with Gasteiger partial charge in [-0.3, -0.25) is 4.57 Å². The summed E-state index contributed by atoms with van der Waals surface area (Å²) in [5.41, 5.74) is -0.122. The fraction of sp³-hybridized carbons (Fsp3) is 0.200. The van der Waals surface area contributed by atoms with Crippen molar-refractivity contribution >= 4 is 22.6 Å². The molecule has 0 aliphatic heterocycles. The minimum Gasteiger partial charge on any atom is -0.280 e. The lowest BCUT2D eigenvalue weighted by atomic mass is 10.2. The van der Waals surface area contributed by atoms with E-state index in [-0.39, 0.29) is 10.5 Å². The van der Waals surface area contributed by atoms with Crippen molar-refractivity contribution < 1.29 is 13.2 Å². The Morgan fingerprint density at radius 3 is 2.59 bits per heavy atom. The second kappa shape index (κ2) is 5.28. The van der Waals surface area contributed by atoms with E-state index in [0.29, 0.717) is 23.6 Å². The molecule has 0 radical (unpaired) electrons. The van der Waals surface area contributed by atoms with Crippen LogP contribution in [0.1, 0.15) is 18.3 Å². The number of hydrogen-bond acceptors (Lipinski definition) is 2. The van der Waals surface area contributed by atoms with Crippen LogP contribution in [-0.4, -0.2) is 14.5 Å². The number of aromatic nitrogens is 3. The van der Waals surface area contributed by atoms with E-state index in [0.717, 1.165) is 6.07 Å². The highest BCUT2D eigenvalue weighted by Crippen LogP contribution is 2.37. The number of imidazole rings is 1. The average molecular weight is 326 g/mol. The maximum atomic E-state index is 13.0. The third-order valence-corrected chi connectivity index (χ3v) is 3.63. The molecule has 0 unspecified atom stereocenters. The van der Waals surface area contributed by atoms with E-state index < -0.39 is 11.7 Å². The first-order valence-corrected chi connectivity index (χ1v) is 6.99. The highest BCUT2D eigenvalue weighted by Gasteiger charge is 2.34. The van der Waals surface area contributed by atoms with Gasteiger partial charge in [0.1, 0.15) is 11.6 Å². The first-order valence-electron chi connectivity index (χ1n) is 6.61. The van der Waals surface area contributed by atoms with Crippen molar-refractivity contribution in [1.29, 1.82) is 0 Å². The van der Waals surface area contributed by atoms with E-state index in [1.165, 1.54) is 6.07 Å². The van der Waals surface area contributed by atoms with Gasteiger partial charge in [-0.2, -0.15) is 13.2 Å². The molecule has 0 saturated heterocycles. The molecule has 2 aromatic heterocycles. The molecule has 3 aromatic rings. The van der Waals surface area contributed by atoms with E-state index >= 15 is 0 Å². The van der Waals surface area contributed by atoms with Gasteiger partial charge in [-0.15, -0.1) is 0 Å². The maximum Gasteiger partial charge on any atom is 0.417 e. The lowest BCUT2D eigenvalue weighted by Gasteiger charge is -2.10. The Labute approximate surface area is 129 Å². The number of fused-ring (bicyclic) bond motifs is 1. The largest absolute Gasteiger partial charge is 0.417 e. The van der Waals surface area contributed by atoms with Crippen molar-refractivity contribution in [2.24, 2.45) is 0 Å². The van der Waals surface area contributed by atoms with Gasteiger partial charge in [0.2, 0.25) is 0 Å². The summed E-state index contributed by atoms with van der Waals surface area (Å²) < 4.78 is 40.6. The van der Waals surface area contributed by atoms with Crippen molar-refractivity contribution in [1.82, 2.24) is 14.5 Å². The molecule has 0 fully saturated rings. The van der Waals surface area contributed by atoms with Crippen LogP contribution < -0.4 is 0 Å². The van der Waals surface area contributed by atoms with E-state index in [9.17, 15) is 13.2 Å². The summed E-state index contributed by atoms with van der Waals surface area (Å²) in [5.74, 6) is 1.22. The summed E-state index contributed by atoms with van der Waals surface area (Å²) >= 11 is 5.82. The van der Waals surface area contributed by atoms with Crippen molar-refractivity contribution in [2.75, 3.05) is 0 Å². The van der Waals surface area contributed by atoms with E-state index in [1.807, 2.05) is 6.92 Å². The monoisotopic (exact) mass is 325 g/mol. The van der Waals surface area contributed by atoms with Gasteiger partial charge < -0.3 is 0 Å². The van der Waals surface area contributed by atoms with Crippen LogP contribution in [0.4, 0.5) is 13.2 Å². The Kier molecular flexibility index (Phi) is 3.56. The van der Waals surface area contributed by atoms with Crippen molar-refractivity contribution in [3.05, 3.63) is 52.9 Å². The quantitative estimate of drug-likeness (QED) is 0.686. The molecule has 0 aliphatic rings. The van der Waals surface area contributed by atoms with Gasteiger partial charge in [-0.1, -0.05) is 24.6 Å². The first kappa shape index (κ1) is 14.8. The van der Waals surface area contributed by atoms with Gasteiger partial charge in [-0.25, -0.2) is 9.97 Å². The fourth-order valence-corrected chi connectivity index (χ4v) is 2.61. The van der Waals surface area contributed by atoms with Gasteiger partial charge >= 0.3 is 6.18 Å². The van der Waals surface area contributed by atoms with Crippen LogP contribution >= 0.6 is 11.6 Å². The predicted molar refractivity (Wildman–Crippen MR) is 78.3 cm³/mol. The standard InChI is InChI=1S/C15H11ClF3N3/c1-2-13-21-11-7-9(15(17,18)19)10(16)8-12(11)22(13)14-5-3-4-6-20-14/h3-8H,2H2,1H3. The maximum absolute atomic E-state index is 13.0. The molecule has 7 heteroatoms. The average Bonchev–Trinajstić information content (AvgIpc) is 2.83. The summed E-state index contributed by atoms with van der Waals surface area (Å²) in [6.45, 7) is 1.88. The number of pyridine rings is 1. The molecule has 0 atom stereocenters. The number of nitrogens with zero attached hydrogens (tertiary/aromatic N) is 3. The topological polar surface area (TPSA) is 30.7 Å². The second-order valence-electron chi connectivity index (χ2n) is 4.72. The molecule has 0 aliphatic carbocycles. The Morgan fingerprint density at radius 1 is 1.23 bits per heavy atom. The van der Waals surface area contributed by atoms with Gasteiger partial charge in [0.25, 0.3) is 0 Å². The second-order valence-corrected chi connectivity index (χ2v) is 5.13. The van der Waals surface area contributed by atoms with Crippen LogP contribution in [-0.2, 0) is 12.6 Å². The van der Waals surface area contributed by atoms with Crippen molar-refractivity contribution in [3.8, 4) is 5.82 Å². The molecule has 2 heterocycles. The Morgan fingerprint density at radius 2 is 2.00 bits per heavy atom. The van der Waals surface area contributed by atoms with Crippen LogP contribution in [0, 0.1) is 0 Å². The van der Waals surface area contributed by atoms with Crippen molar-refractivity contribution in [2.45, 2.75) is 19.5 Å². The molecular formula is C15H11ClF3N3. The van der Waals surface area contributed by atoms with Crippen LogP contribution in [0.2, 0.25) is 5.02 Å². The molecule has 3 rings (SSSR count). The summed E-state index contributed by atoms with van der Waals surface area (Å²) in [5, 5.41) is -0.347. The normalized spacial score (nSPS) is 12.0. The lowest BCUT2D eigenvalue weighted by molar-refractivity contribution is -0.137. The van der Waals surface area contributed by atoms with E-state index in [2.05, 4.69) is 9.97 Å². The zero-order valence-corrected chi connectivity index (χ0v) is 12.3. The fourth-order valence-electron chi connectivity index (χ4n) is 2.34. The van der Waals surface area contributed by atoms with Crippen LogP contribution in [0.15, 0.2) is 36.5 Å². The number of benzene rings is 1. The van der Waals surface area contributed by atoms with E-state index in [1.54, 1.807) is 29.0 Å². The van der Waals surface area contributed by atoms with Crippen LogP contribution in [0.3, 0.4) is 0 Å². The third-order valence-electron chi connectivity index (χ3n) is 3.31. The Bertz CT molecular complexity index is 825. The molecule has 1 aromatic carbocycles. The van der Waals surface area contributed by atoms with Crippen LogP contribution in [0.25, 0.3) is 16.9 Å². The lowest BCUT2D eigenvalue weighted by Crippen LogP contribution is -2.06. The SMILES string of the molecule is CCc1nc2cc(C(F)(F)F)c(Cl)cc2n1-c1ccccn1. The Hall–Kier alpha value is -2.08. The number of rotatable bonds is 2. The van der Waals surface area contributed by atoms with Gasteiger partial charge in [0.05, 0.1) is 21.6 Å². The third kappa shape index (κ3) is 2.43. The minimum absolute atomic E-state index is 0.249. The molecule has 0 spiro atoms. The molecule has 114 valence electrons. The molecule has 0 bridgehead atoms. The minimum atomic E-state index is -4.51. The molecular weight excluding hydrogens is 315 g/mol. The number of alkyl halides is 3. The molecule has 0 N–H and O–H groups in total. The number of hydrogen-bond donors (Lipinski definition) is 0. The highest BCUT2D eigenvalue weighted by molar-refractivity contribution is 6.32. The molecule has 0 saturated carbocycles. The van der Waals surface area contributed by atoms with Crippen molar-refractivity contribution in [3.63, 3.8) is 0 Å². The van der Waals surface area contributed by atoms with E-state index in [4.69, 9.17) is 11.6 Å². The summed E-state index contributed by atoms with van der Waals surface area (Å²) in [6.07, 6.45) is -2.33. The summed E-state index contributed by atoms with van der Waals surface area (Å²) in [6, 6.07) is 7.62. The number of halogens is 4. The van der Waals surface area contributed by atoms with Gasteiger partial charge in [0, 0.05) is 12.6 Å². The van der Waals surface area contributed by atoms with Gasteiger partial charge in [-0.05, 0) is 24.3 Å². The number of aryl methyl sites for hydroxylation is 1. The summed E-state index contributed by atoms with van der Waals surface area (Å²) in [7, 11) is 0. The smallest absolute Gasteiger partial charge is 0.280 e. The zero-order valence-electron chi connectivity index (χ0n) is 11.5.